The predicted octanol–water partition coefficient (Wildman–Crippen LogP) is 14.0. The molecule has 52 heavy (non-hydrogen) atoms. The number of ether oxygens (including phenoxy) is 2. The number of halogens is 2. The molecule has 0 aliphatic carbocycles. The molecule has 5 rings (SSSR count). The Bertz CT molecular complexity index is 1880. The standard InChI is InChI=1S/C44H54I2N2O4/c1-9-11-13-15-17-29-19-23-31(24-20-29)37-33-27-34-36(28-35(33)47(39(37)45)41(49)51-43(3,4)5)48(42(50)52-44(6,7)8)40(46)38(34)32-25-21-30(22-26-32)18-16-14-12-10-2/h19-28H,9-18H2,1-8H3. The van der Waals surface area contributed by atoms with Crippen LogP contribution in [0.4, 0.5) is 9.59 Å². The summed E-state index contributed by atoms with van der Waals surface area (Å²) in [6, 6.07) is 21.6. The molecular formula is C44H54I2N2O4. The molecule has 0 saturated heterocycles. The lowest BCUT2D eigenvalue weighted by atomic mass is 9.98. The number of aryl methyl sites for hydroxylation is 2. The number of carbonyl (C=O) groups excluding carboxylic acids is 2. The van der Waals surface area contributed by atoms with Gasteiger partial charge in [-0.2, -0.15) is 0 Å². The van der Waals surface area contributed by atoms with E-state index in [-0.39, 0.29) is 0 Å². The van der Waals surface area contributed by atoms with Gasteiger partial charge in [0.05, 0.1) is 18.4 Å². The summed E-state index contributed by atoms with van der Waals surface area (Å²) in [7, 11) is 0. The van der Waals surface area contributed by atoms with Crippen LogP contribution in [-0.2, 0) is 22.3 Å². The number of rotatable bonds is 12. The van der Waals surface area contributed by atoms with Crippen LogP contribution in [-0.4, -0.2) is 32.5 Å². The van der Waals surface area contributed by atoms with Crippen molar-refractivity contribution in [3.05, 3.63) is 79.2 Å². The van der Waals surface area contributed by atoms with E-state index in [9.17, 15) is 9.59 Å². The lowest BCUT2D eigenvalue weighted by Gasteiger charge is -2.21. The van der Waals surface area contributed by atoms with E-state index in [1.165, 1.54) is 62.5 Å². The number of fused-ring (bicyclic) bond motifs is 2. The Kier molecular flexibility index (Phi) is 13.2. The van der Waals surface area contributed by atoms with Crippen molar-refractivity contribution in [2.75, 3.05) is 0 Å². The summed E-state index contributed by atoms with van der Waals surface area (Å²) < 4.78 is 16.8. The molecule has 0 atom stereocenters. The van der Waals surface area contributed by atoms with Gasteiger partial charge in [-0.3, -0.25) is 0 Å². The topological polar surface area (TPSA) is 62.5 Å². The van der Waals surface area contributed by atoms with Crippen molar-refractivity contribution in [2.45, 2.75) is 131 Å². The molecule has 278 valence electrons. The van der Waals surface area contributed by atoms with Crippen molar-refractivity contribution in [3.8, 4) is 22.3 Å². The predicted molar refractivity (Wildman–Crippen MR) is 233 cm³/mol. The third kappa shape index (κ3) is 9.43. The Morgan fingerprint density at radius 1 is 0.558 bits per heavy atom. The van der Waals surface area contributed by atoms with Gasteiger partial charge in [-0.15, -0.1) is 0 Å². The van der Waals surface area contributed by atoms with Crippen LogP contribution in [0.25, 0.3) is 44.1 Å². The molecule has 0 spiro atoms. The van der Waals surface area contributed by atoms with Gasteiger partial charge in [0.25, 0.3) is 0 Å². The number of aromatic nitrogens is 2. The monoisotopic (exact) mass is 928 g/mol. The molecular weight excluding hydrogens is 874 g/mol. The molecule has 0 unspecified atom stereocenters. The zero-order valence-electron chi connectivity index (χ0n) is 32.1. The van der Waals surface area contributed by atoms with Gasteiger partial charge in [0.1, 0.15) is 11.2 Å². The second kappa shape index (κ2) is 17.1. The van der Waals surface area contributed by atoms with Crippen molar-refractivity contribution >= 4 is 79.2 Å². The van der Waals surface area contributed by atoms with Crippen molar-refractivity contribution < 1.29 is 19.1 Å². The van der Waals surface area contributed by atoms with E-state index >= 15 is 0 Å². The molecule has 0 bridgehead atoms. The van der Waals surface area contributed by atoms with E-state index in [1.807, 2.05) is 47.6 Å². The van der Waals surface area contributed by atoms with E-state index < -0.39 is 23.4 Å². The maximum atomic E-state index is 14.0. The smallest absolute Gasteiger partial charge is 0.419 e. The minimum atomic E-state index is -0.693. The fourth-order valence-electron chi connectivity index (χ4n) is 6.71. The number of unbranched alkanes of at least 4 members (excludes halogenated alkanes) is 6. The van der Waals surface area contributed by atoms with Crippen molar-refractivity contribution in [1.82, 2.24) is 9.13 Å². The van der Waals surface area contributed by atoms with Gasteiger partial charge in [-0.05, 0) is 147 Å². The van der Waals surface area contributed by atoms with E-state index in [2.05, 4.69) is 114 Å². The summed E-state index contributed by atoms with van der Waals surface area (Å²) >= 11 is 4.56. The molecule has 0 aliphatic heterocycles. The molecule has 0 radical (unpaired) electrons. The second-order valence-electron chi connectivity index (χ2n) is 15.9. The summed E-state index contributed by atoms with van der Waals surface area (Å²) in [5, 5.41) is 1.84. The van der Waals surface area contributed by atoms with Gasteiger partial charge in [-0.25, -0.2) is 18.7 Å². The highest BCUT2D eigenvalue weighted by atomic mass is 127. The van der Waals surface area contributed by atoms with E-state index in [1.54, 1.807) is 9.13 Å². The Morgan fingerprint density at radius 2 is 0.923 bits per heavy atom. The summed E-state index contributed by atoms with van der Waals surface area (Å²) in [5.41, 5.74) is 6.59. The average molecular weight is 929 g/mol. The molecule has 5 aromatic rings. The minimum absolute atomic E-state index is 0.458. The maximum absolute atomic E-state index is 14.0. The van der Waals surface area contributed by atoms with Crippen LogP contribution in [0.2, 0.25) is 0 Å². The van der Waals surface area contributed by atoms with Crippen LogP contribution in [0.3, 0.4) is 0 Å². The van der Waals surface area contributed by atoms with Crippen LogP contribution in [0, 0.1) is 7.40 Å². The molecule has 0 aliphatic rings. The normalized spacial score (nSPS) is 12.2. The van der Waals surface area contributed by atoms with Gasteiger partial charge in [0.15, 0.2) is 0 Å². The molecule has 0 fully saturated rings. The lowest BCUT2D eigenvalue weighted by molar-refractivity contribution is 0.0530. The summed E-state index contributed by atoms with van der Waals surface area (Å²) in [4.78, 5) is 28.0. The van der Waals surface area contributed by atoms with Crippen LogP contribution >= 0.6 is 45.2 Å². The first-order chi connectivity index (χ1) is 24.6. The third-order valence-corrected chi connectivity index (χ3v) is 11.3. The Balaban J connectivity index is 1.73. The fourth-order valence-corrected chi connectivity index (χ4v) is 8.83. The first-order valence-corrected chi connectivity index (χ1v) is 21.0. The Morgan fingerprint density at radius 3 is 1.25 bits per heavy atom. The summed E-state index contributed by atoms with van der Waals surface area (Å²) in [6.07, 6.45) is 11.0. The van der Waals surface area contributed by atoms with Gasteiger partial charge < -0.3 is 9.47 Å². The molecule has 0 saturated carbocycles. The number of carbonyl (C=O) groups is 2. The lowest BCUT2D eigenvalue weighted by Crippen LogP contribution is -2.28. The van der Waals surface area contributed by atoms with E-state index in [4.69, 9.17) is 9.47 Å². The fraction of sp³-hybridized carbons (Fsp3) is 0.455. The highest BCUT2D eigenvalue weighted by Gasteiger charge is 2.30. The first-order valence-electron chi connectivity index (χ1n) is 18.9. The number of hydrogen-bond donors (Lipinski definition) is 0. The zero-order chi connectivity index (χ0) is 37.8. The van der Waals surface area contributed by atoms with E-state index in [0.717, 1.165) is 53.3 Å². The molecule has 8 heteroatoms. The second-order valence-corrected chi connectivity index (χ2v) is 17.9. The Labute approximate surface area is 337 Å². The largest absolute Gasteiger partial charge is 0.443 e. The number of hydrogen-bond acceptors (Lipinski definition) is 4. The third-order valence-electron chi connectivity index (χ3n) is 9.22. The van der Waals surface area contributed by atoms with Gasteiger partial charge in [-0.1, -0.05) is 101 Å². The SMILES string of the molecule is CCCCCCc1ccc(-c2c(I)n(C(=O)OC(C)(C)C)c3cc4c(cc23)c(-c2ccc(CCCCCC)cc2)c(I)n4C(=O)OC(C)(C)C)cc1. The van der Waals surface area contributed by atoms with Gasteiger partial charge >= 0.3 is 12.2 Å². The average Bonchev–Trinajstić information content (AvgIpc) is 3.51. The summed E-state index contributed by atoms with van der Waals surface area (Å²) in [5.74, 6) is 0. The molecule has 2 heterocycles. The van der Waals surface area contributed by atoms with Crippen molar-refractivity contribution in [2.24, 2.45) is 0 Å². The van der Waals surface area contributed by atoms with Crippen molar-refractivity contribution in [3.63, 3.8) is 0 Å². The van der Waals surface area contributed by atoms with Gasteiger partial charge in [0, 0.05) is 21.9 Å². The molecule has 0 N–H and O–H groups in total. The van der Waals surface area contributed by atoms with E-state index in [0.29, 0.717) is 11.0 Å². The van der Waals surface area contributed by atoms with Crippen molar-refractivity contribution in [1.29, 1.82) is 0 Å². The quantitative estimate of drug-likeness (QED) is 0.0924. The molecule has 0 amide bonds. The zero-order valence-corrected chi connectivity index (χ0v) is 36.4. The number of benzene rings is 3. The maximum Gasteiger partial charge on any atom is 0.419 e. The van der Waals surface area contributed by atoms with Crippen LogP contribution in [0.15, 0.2) is 60.7 Å². The highest BCUT2D eigenvalue weighted by Crippen LogP contribution is 2.43. The molecule has 6 nitrogen and oxygen atoms in total. The summed E-state index contributed by atoms with van der Waals surface area (Å²) in [6.45, 7) is 15.7. The highest BCUT2D eigenvalue weighted by molar-refractivity contribution is 14.1. The van der Waals surface area contributed by atoms with Crippen LogP contribution in [0.5, 0.6) is 0 Å². The van der Waals surface area contributed by atoms with Crippen LogP contribution in [0.1, 0.15) is 118 Å². The Hall–Kier alpha value is -2.86. The number of nitrogens with zero attached hydrogens (tertiary/aromatic N) is 2. The molecule has 3 aromatic carbocycles. The van der Waals surface area contributed by atoms with Gasteiger partial charge in [0.2, 0.25) is 0 Å². The molecule has 2 aromatic heterocycles. The van der Waals surface area contributed by atoms with Crippen LogP contribution < -0.4 is 0 Å². The minimum Gasteiger partial charge on any atom is -0.443 e. The first kappa shape index (κ1) is 40.3.